The maximum absolute atomic E-state index is 4.44. The average molecular weight is 212 g/mol. The Kier molecular flexibility index (Phi) is 3.65. The standard InChI is InChI=1S/C14H16N2/c1-2-3-7-12-8-6-11-16-14(12)13-9-4-5-10-15-13/h4-6,8-11H,2-3,7H2,1H3. The molecule has 16 heavy (non-hydrogen) atoms. The summed E-state index contributed by atoms with van der Waals surface area (Å²) in [4.78, 5) is 8.79. The molecule has 0 amide bonds. The van der Waals surface area contributed by atoms with Gasteiger partial charge in [0.05, 0.1) is 11.4 Å². The lowest BCUT2D eigenvalue weighted by Crippen LogP contribution is -1.94. The zero-order chi connectivity index (χ0) is 11.2. The van der Waals surface area contributed by atoms with Crippen LogP contribution in [0.1, 0.15) is 25.3 Å². The van der Waals surface area contributed by atoms with Gasteiger partial charge in [-0.1, -0.05) is 25.5 Å². The molecule has 0 radical (unpaired) electrons. The highest BCUT2D eigenvalue weighted by atomic mass is 14.8. The van der Waals surface area contributed by atoms with Crippen molar-refractivity contribution in [1.29, 1.82) is 0 Å². The van der Waals surface area contributed by atoms with E-state index in [0.717, 1.165) is 17.8 Å². The van der Waals surface area contributed by atoms with Gasteiger partial charge < -0.3 is 0 Å². The van der Waals surface area contributed by atoms with E-state index in [1.807, 2.05) is 36.7 Å². The zero-order valence-corrected chi connectivity index (χ0v) is 9.56. The summed E-state index contributed by atoms with van der Waals surface area (Å²) in [7, 11) is 0. The van der Waals surface area contributed by atoms with Crippen molar-refractivity contribution in [2.24, 2.45) is 0 Å². The Bertz CT molecular complexity index is 437. The predicted molar refractivity (Wildman–Crippen MR) is 66.1 cm³/mol. The van der Waals surface area contributed by atoms with Gasteiger partial charge in [-0.2, -0.15) is 0 Å². The van der Waals surface area contributed by atoms with Crippen LogP contribution in [-0.4, -0.2) is 9.97 Å². The quantitative estimate of drug-likeness (QED) is 0.775. The Morgan fingerprint density at radius 1 is 1.00 bits per heavy atom. The lowest BCUT2D eigenvalue weighted by molar-refractivity contribution is 0.793. The Morgan fingerprint density at radius 2 is 1.88 bits per heavy atom. The van der Waals surface area contributed by atoms with Gasteiger partial charge in [0.25, 0.3) is 0 Å². The predicted octanol–water partition coefficient (Wildman–Crippen LogP) is 3.49. The van der Waals surface area contributed by atoms with Crippen LogP contribution in [0.3, 0.4) is 0 Å². The molecule has 0 fully saturated rings. The zero-order valence-electron chi connectivity index (χ0n) is 9.56. The molecule has 0 aliphatic heterocycles. The van der Waals surface area contributed by atoms with Gasteiger partial charge in [-0.25, -0.2) is 0 Å². The summed E-state index contributed by atoms with van der Waals surface area (Å²) in [6.07, 6.45) is 7.13. The summed E-state index contributed by atoms with van der Waals surface area (Å²) in [5.41, 5.74) is 3.29. The highest BCUT2D eigenvalue weighted by molar-refractivity contribution is 5.58. The summed E-state index contributed by atoms with van der Waals surface area (Å²) in [6.45, 7) is 2.21. The van der Waals surface area contributed by atoms with Gasteiger partial charge in [-0.05, 0) is 36.6 Å². The molecule has 0 unspecified atom stereocenters. The van der Waals surface area contributed by atoms with Gasteiger partial charge in [0.1, 0.15) is 0 Å². The third-order valence-electron chi connectivity index (χ3n) is 2.60. The van der Waals surface area contributed by atoms with E-state index in [2.05, 4.69) is 23.0 Å². The average Bonchev–Trinajstić information content (AvgIpc) is 2.38. The van der Waals surface area contributed by atoms with Crippen molar-refractivity contribution in [2.45, 2.75) is 26.2 Å². The Morgan fingerprint density at radius 3 is 2.62 bits per heavy atom. The second-order valence-corrected chi connectivity index (χ2v) is 3.83. The molecular formula is C14H16N2. The minimum atomic E-state index is 0.967. The first-order chi connectivity index (χ1) is 7.92. The third-order valence-corrected chi connectivity index (χ3v) is 2.60. The maximum atomic E-state index is 4.44. The van der Waals surface area contributed by atoms with E-state index in [-0.39, 0.29) is 0 Å². The lowest BCUT2D eigenvalue weighted by Gasteiger charge is -2.06. The monoisotopic (exact) mass is 212 g/mol. The van der Waals surface area contributed by atoms with E-state index in [4.69, 9.17) is 0 Å². The van der Waals surface area contributed by atoms with E-state index in [9.17, 15) is 0 Å². The molecule has 2 heterocycles. The molecule has 0 aliphatic carbocycles. The molecule has 0 spiro atoms. The van der Waals surface area contributed by atoms with Crippen molar-refractivity contribution in [3.8, 4) is 11.4 Å². The van der Waals surface area contributed by atoms with E-state index in [0.29, 0.717) is 0 Å². The highest BCUT2D eigenvalue weighted by Gasteiger charge is 2.05. The fourth-order valence-electron chi connectivity index (χ4n) is 1.74. The Balaban J connectivity index is 2.33. The minimum absolute atomic E-state index is 0.967. The van der Waals surface area contributed by atoms with Crippen LogP contribution in [0.2, 0.25) is 0 Å². The van der Waals surface area contributed by atoms with Crippen LogP contribution >= 0.6 is 0 Å². The number of nitrogens with zero attached hydrogens (tertiary/aromatic N) is 2. The van der Waals surface area contributed by atoms with Crippen molar-refractivity contribution < 1.29 is 0 Å². The molecule has 0 saturated carbocycles. The number of rotatable bonds is 4. The van der Waals surface area contributed by atoms with Crippen molar-refractivity contribution in [1.82, 2.24) is 9.97 Å². The molecule has 0 atom stereocenters. The SMILES string of the molecule is CCCCc1cccnc1-c1ccccn1. The summed E-state index contributed by atoms with van der Waals surface area (Å²) in [6, 6.07) is 10.1. The normalized spacial score (nSPS) is 10.3. The smallest absolute Gasteiger partial charge is 0.0918 e. The summed E-state index contributed by atoms with van der Waals surface area (Å²) < 4.78 is 0. The van der Waals surface area contributed by atoms with E-state index >= 15 is 0 Å². The summed E-state index contributed by atoms with van der Waals surface area (Å²) in [5.74, 6) is 0. The molecule has 2 nitrogen and oxygen atoms in total. The molecule has 0 bridgehead atoms. The first-order valence-electron chi connectivity index (χ1n) is 5.77. The molecule has 2 heteroatoms. The van der Waals surface area contributed by atoms with Crippen molar-refractivity contribution in [2.75, 3.05) is 0 Å². The molecule has 82 valence electrons. The van der Waals surface area contributed by atoms with Crippen molar-refractivity contribution >= 4 is 0 Å². The summed E-state index contributed by atoms with van der Waals surface area (Å²) in [5, 5.41) is 0. The van der Waals surface area contributed by atoms with Crippen LogP contribution in [0.25, 0.3) is 11.4 Å². The van der Waals surface area contributed by atoms with Crippen LogP contribution < -0.4 is 0 Å². The van der Waals surface area contributed by atoms with Crippen LogP contribution in [0.5, 0.6) is 0 Å². The molecule has 2 aromatic heterocycles. The lowest BCUT2D eigenvalue weighted by atomic mass is 10.0. The van der Waals surface area contributed by atoms with Crippen molar-refractivity contribution in [3.05, 3.63) is 48.3 Å². The number of pyridine rings is 2. The topological polar surface area (TPSA) is 25.8 Å². The minimum Gasteiger partial charge on any atom is -0.255 e. The van der Waals surface area contributed by atoms with Crippen LogP contribution in [-0.2, 0) is 6.42 Å². The van der Waals surface area contributed by atoms with Gasteiger partial charge >= 0.3 is 0 Å². The van der Waals surface area contributed by atoms with Gasteiger partial charge in [0, 0.05) is 12.4 Å². The fraction of sp³-hybridized carbons (Fsp3) is 0.286. The van der Waals surface area contributed by atoms with Crippen molar-refractivity contribution in [3.63, 3.8) is 0 Å². The molecular weight excluding hydrogens is 196 g/mol. The van der Waals surface area contributed by atoms with Gasteiger partial charge in [-0.3, -0.25) is 9.97 Å². The highest BCUT2D eigenvalue weighted by Crippen LogP contribution is 2.19. The molecule has 0 saturated heterocycles. The number of hydrogen-bond acceptors (Lipinski definition) is 2. The largest absolute Gasteiger partial charge is 0.255 e. The van der Waals surface area contributed by atoms with E-state index in [1.54, 1.807) is 0 Å². The van der Waals surface area contributed by atoms with E-state index < -0.39 is 0 Å². The Labute approximate surface area is 96.4 Å². The van der Waals surface area contributed by atoms with Gasteiger partial charge in [-0.15, -0.1) is 0 Å². The molecule has 0 aliphatic rings. The van der Waals surface area contributed by atoms with Crippen LogP contribution in [0, 0.1) is 0 Å². The Hall–Kier alpha value is -1.70. The number of aromatic nitrogens is 2. The first kappa shape index (κ1) is 10.8. The maximum Gasteiger partial charge on any atom is 0.0918 e. The number of hydrogen-bond donors (Lipinski definition) is 0. The molecule has 2 rings (SSSR count). The third kappa shape index (κ3) is 2.45. The van der Waals surface area contributed by atoms with Crippen LogP contribution in [0.4, 0.5) is 0 Å². The van der Waals surface area contributed by atoms with Gasteiger partial charge in [0.2, 0.25) is 0 Å². The molecule has 0 aromatic carbocycles. The van der Waals surface area contributed by atoms with Crippen LogP contribution in [0.15, 0.2) is 42.7 Å². The van der Waals surface area contributed by atoms with E-state index in [1.165, 1.54) is 18.4 Å². The molecule has 0 N–H and O–H groups in total. The second-order valence-electron chi connectivity index (χ2n) is 3.83. The molecule has 2 aromatic rings. The number of aryl methyl sites for hydroxylation is 1. The summed E-state index contributed by atoms with van der Waals surface area (Å²) >= 11 is 0. The second kappa shape index (κ2) is 5.40. The van der Waals surface area contributed by atoms with Gasteiger partial charge in [0.15, 0.2) is 0 Å². The number of unbranched alkanes of at least 4 members (excludes halogenated alkanes) is 1. The fourth-order valence-corrected chi connectivity index (χ4v) is 1.74. The first-order valence-corrected chi connectivity index (χ1v) is 5.77.